The second-order valence-corrected chi connectivity index (χ2v) is 4.11. The van der Waals surface area contributed by atoms with Gasteiger partial charge in [0.25, 0.3) is 0 Å². The molecular weight excluding hydrogens is 136 g/mol. The molecule has 0 aliphatic carbocycles. The van der Waals surface area contributed by atoms with Gasteiger partial charge >= 0.3 is 0 Å². The average Bonchev–Trinajstić information content (AvgIpc) is 2.36. The summed E-state index contributed by atoms with van der Waals surface area (Å²) in [7, 11) is 2.17. The first-order valence-corrected chi connectivity index (χ1v) is 4.53. The van der Waals surface area contributed by atoms with E-state index in [-0.39, 0.29) is 5.54 Å². The molecule has 2 heteroatoms. The normalized spacial score (nSPS) is 32.2. The van der Waals surface area contributed by atoms with E-state index in [0.29, 0.717) is 5.92 Å². The highest BCUT2D eigenvalue weighted by Gasteiger charge is 2.32. The molecule has 1 rings (SSSR count). The summed E-state index contributed by atoms with van der Waals surface area (Å²) in [5, 5.41) is 0. The third-order valence-corrected chi connectivity index (χ3v) is 3.09. The monoisotopic (exact) mass is 156 g/mol. The molecule has 66 valence electrons. The molecule has 1 heterocycles. The van der Waals surface area contributed by atoms with Crippen molar-refractivity contribution >= 4 is 0 Å². The summed E-state index contributed by atoms with van der Waals surface area (Å²) in [6.45, 7) is 6.76. The highest BCUT2D eigenvalue weighted by molar-refractivity contribution is 4.90. The van der Waals surface area contributed by atoms with E-state index in [1.54, 1.807) is 0 Å². The quantitative estimate of drug-likeness (QED) is 0.648. The number of likely N-dealkylation sites (tertiary alicyclic amines) is 1. The van der Waals surface area contributed by atoms with E-state index in [1.807, 2.05) is 0 Å². The zero-order valence-corrected chi connectivity index (χ0v) is 7.93. The van der Waals surface area contributed by atoms with Crippen molar-refractivity contribution in [1.29, 1.82) is 0 Å². The summed E-state index contributed by atoms with van der Waals surface area (Å²) < 4.78 is 0. The van der Waals surface area contributed by atoms with Crippen LogP contribution in [0.15, 0.2) is 0 Å². The largest absolute Gasteiger partial charge is 0.325 e. The Morgan fingerprint density at radius 3 is 2.64 bits per heavy atom. The molecule has 2 nitrogen and oxygen atoms in total. The molecule has 1 fully saturated rings. The van der Waals surface area contributed by atoms with Gasteiger partial charge in [-0.1, -0.05) is 6.92 Å². The van der Waals surface area contributed by atoms with Crippen LogP contribution in [0.4, 0.5) is 0 Å². The second kappa shape index (κ2) is 3.11. The van der Waals surface area contributed by atoms with Crippen LogP contribution < -0.4 is 5.73 Å². The molecule has 2 N–H and O–H groups in total. The van der Waals surface area contributed by atoms with E-state index in [2.05, 4.69) is 25.8 Å². The van der Waals surface area contributed by atoms with Crippen LogP contribution in [-0.4, -0.2) is 30.6 Å². The summed E-state index contributed by atoms with van der Waals surface area (Å²) in [4.78, 5) is 2.37. The Hall–Kier alpha value is -0.0800. The smallest absolute Gasteiger partial charge is 0.0164 e. The molecule has 0 spiro atoms. The van der Waals surface area contributed by atoms with Crippen LogP contribution in [-0.2, 0) is 0 Å². The topological polar surface area (TPSA) is 29.3 Å². The second-order valence-electron chi connectivity index (χ2n) is 4.11. The van der Waals surface area contributed by atoms with Crippen LogP contribution in [0.3, 0.4) is 0 Å². The van der Waals surface area contributed by atoms with Gasteiger partial charge < -0.3 is 10.6 Å². The fourth-order valence-electron chi connectivity index (χ4n) is 1.76. The predicted molar refractivity (Wildman–Crippen MR) is 48.5 cm³/mol. The Morgan fingerprint density at radius 2 is 2.27 bits per heavy atom. The minimum atomic E-state index is 0.0603. The third kappa shape index (κ3) is 1.94. The summed E-state index contributed by atoms with van der Waals surface area (Å²) in [5.41, 5.74) is 6.22. The fraction of sp³-hybridized carbons (Fsp3) is 1.00. The van der Waals surface area contributed by atoms with Gasteiger partial charge in [-0.15, -0.1) is 0 Å². The molecule has 0 saturated carbocycles. The van der Waals surface area contributed by atoms with Crippen molar-refractivity contribution in [2.75, 3.05) is 20.1 Å². The van der Waals surface area contributed by atoms with Crippen LogP contribution in [0, 0.1) is 5.92 Å². The van der Waals surface area contributed by atoms with Crippen molar-refractivity contribution < 1.29 is 0 Å². The van der Waals surface area contributed by atoms with E-state index in [4.69, 9.17) is 5.73 Å². The van der Waals surface area contributed by atoms with Gasteiger partial charge in [0.1, 0.15) is 0 Å². The van der Waals surface area contributed by atoms with Gasteiger partial charge in [0.05, 0.1) is 0 Å². The summed E-state index contributed by atoms with van der Waals surface area (Å²) in [5.74, 6) is 0.706. The number of rotatable bonds is 2. The molecule has 0 bridgehead atoms. The highest BCUT2D eigenvalue weighted by Crippen LogP contribution is 2.26. The molecule has 1 aliphatic rings. The standard InChI is InChI=1S/C9H20N2/c1-4-9(2,10)8-5-6-11(3)7-8/h8H,4-7,10H2,1-3H3. The van der Waals surface area contributed by atoms with Crippen molar-refractivity contribution in [2.45, 2.75) is 32.2 Å². The highest BCUT2D eigenvalue weighted by atomic mass is 15.1. The van der Waals surface area contributed by atoms with E-state index < -0.39 is 0 Å². The summed E-state index contributed by atoms with van der Waals surface area (Å²) in [6, 6.07) is 0. The van der Waals surface area contributed by atoms with Gasteiger partial charge in [0.2, 0.25) is 0 Å². The maximum Gasteiger partial charge on any atom is 0.0164 e. The van der Waals surface area contributed by atoms with E-state index in [9.17, 15) is 0 Å². The minimum Gasteiger partial charge on any atom is -0.325 e. The van der Waals surface area contributed by atoms with Gasteiger partial charge in [-0.2, -0.15) is 0 Å². The van der Waals surface area contributed by atoms with Crippen molar-refractivity contribution in [3.05, 3.63) is 0 Å². The van der Waals surface area contributed by atoms with Gasteiger partial charge in [-0.05, 0) is 39.3 Å². The van der Waals surface area contributed by atoms with Crippen LogP contribution in [0.2, 0.25) is 0 Å². The zero-order valence-electron chi connectivity index (χ0n) is 7.93. The van der Waals surface area contributed by atoms with Crippen molar-refractivity contribution in [2.24, 2.45) is 11.7 Å². The van der Waals surface area contributed by atoms with E-state index in [1.165, 1.54) is 19.5 Å². The molecule has 0 aromatic heterocycles. The first kappa shape index (κ1) is 9.01. The summed E-state index contributed by atoms with van der Waals surface area (Å²) in [6.07, 6.45) is 2.36. The first-order valence-electron chi connectivity index (χ1n) is 4.53. The van der Waals surface area contributed by atoms with Gasteiger partial charge in [-0.3, -0.25) is 0 Å². The van der Waals surface area contributed by atoms with Crippen LogP contribution in [0.1, 0.15) is 26.7 Å². The first-order chi connectivity index (χ1) is 5.06. The number of nitrogens with two attached hydrogens (primary N) is 1. The summed E-state index contributed by atoms with van der Waals surface area (Å²) >= 11 is 0. The molecular formula is C9H20N2. The molecule has 2 atom stereocenters. The Bertz CT molecular complexity index is 132. The van der Waals surface area contributed by atoms with Crippen LogP contribution in [0.25, 0.3) is 0 Å². The van der Waals surface area contributed by atoms with E-state index >= 15 is 0 Å². The SMILES string of the molecule is CCC(C)(N)C1CCN(C)C1. The molecule has 1 aliphatic heterocycles. The van der Waals surface area contributed by atoms with Gasteiger partial charge in [0, 0.05) is 12.1 Å². The lowest BCUT2D eigenvalue weighted by atomic mass is 9.84. The lowest BCUT2D eigenvalue weighted by Gasteiger charge is -2.29. The molecule has 0 amide bonds. The maximum absolute atomic E-state index is 6.16. The Balaban J connectivity index is 2.48. The minimum absolute atomic E-state index is 0.0603. The number of nitrogens with zero attached hydrogens (tertiary/aromatic N) is 1. The lowest BCUT2D eigenvalue weighted by Crippen LogP contribution is -2.44. The molecule has 2 unspecified atom stereocenters. The Morgan fingerprint density at radius 1 is 1.64 bits per heavy atom. The van der Waals surface area contributed by atoms with Crippen molar-refractivity contribution in [3.8, 4) is 0 Å². The van der Waals surface area contributed by atoms with Crippen molar-refractivity contribution in [3.63, 3.8) is 0 Å². The lowest BCUT2D eigenvalue weighted by molar-refractivity contribution is 0.281. The molecule has 11 heavy (non-hydrogen) atoms. The Kier molecular flexibility index (Phi) is 2.55. The van der Waals surface area contributed by atoms with Crippen LogP contribution >= 0.6 is 0 Å². The molecule has 0 aromatic carbocycles. The van der Waals surface area contributed by atoms with Crippen molar-refractivity contribution in [1.82, 2.24) is 4.90 Å². The molecule has 0 radical (unpaired) electrons. The van der Waals surface area contributed by atoms with Crippen LogP contribution in [0.5, 0.6) is 0 Å². The third-order valence-electron chi connectivity index (χ3n) is 3.09. The Labute approximate surface area is 69.8 Å². The fourth-order valence-corrected chi connectivity index (χ4v) is 1.76. The zero-order chi connectivity index (χ0) is 8.48. The molecule has 0 aromatic rings. The van der Waals surface area contributed by atoms with E-state index in [0.717, 1.165) is 6.42 Å². The average molecular weight is 156 g/mol. The molecule has 1 saturated heterocycles. The maximum atomic E-state index is 6.16. The number of hydrogen-bond donors (Lipinski definition) is 1. The predicted octanol–water partition coefficient (Wildman–Crippen LogP) is 1.07. The van der Waals surface area contributed by atoms with Gasteiger partial charge in [0.15, 0.2) is 0 Å². The van der Waals surface area contributed by atoms with Gasteiger partial charge in [-0.25, -0.2) is 0 Å². The number of hydrogen-bond acceptors (Lipinski definition) is 2.